The number of hydrogen-bond acceptors (Lipinski definition) is 3. The fraction of sp³-hybridized carbons (Fsp3) is 0.222. The molecule has 70 valence electrons. The minimum atomic E-state index is -0.622. The van der Waals surface area contributed by atoms with Gasteiger partial charge in [0.2, 0.25) is 0 Å². The van der Waals surface area contributed by atoms with Crippen LogP contribution in [0.15, 0.2) is 18.2 Å². The van der Waals surface area contributed by atoms with E-state index in [1.807, 2.05) is 19.0 Å². The summed E-state index contributed by atoms with van der Waals surface area (Å²) in [6.45, 7) is 0. The number of benzene rings is 1. The molecule has 13 heavy (non-hydrogen) atoms. The van der Waals surface area contributed by atoms with Crippen LogP contribution in [0.2, 0.25) is 0 Å². The first-order chi connectivity index (χ1) is 6.02. The van der Waals surface area contributed by atoms with Gasteiger partial charge in [0.25, 0.3) is 5.91 Å². The summed E-state index contributed by atoms with van der Waals surface area (Å²) in [6, 6.07) is 4.73. The molecule has 0 unspecified atom stereocenters. The maximum atomic E-state index is 10.8. The standard InChI is InChI=1S/C9H12N2O2/c1-11(2)6-3-4-7(9(10)13)8(12)5-6/h3-5,12H,1-2H3,(H2,10,13). The van der Waals surface area contributed by atoms with Gasteiger partial charge in [0.15, 0.2) is 0 Å². The first-order valence-corrected chi connectivity index (χ1v) is 3.82. The molecule has 0 aliphatic carbocycles. The van der Waals surface area contributed by atoms with Crippen LogP contribution in [0.25, 0.3) is 0 Å². The van der Waals surface area contributed by atoms with Crippen molar-refractivity contribution >= 4 is 11.6 Å². The second-order valence-corrected chi connectivity index (χ2v) is 2.96. The topological polar surface area (TPSA) is 66.6 Å². The molecule has 1 rings (SSSR count). The lowest BCUT2D eigenvalue weighted by atomic mass is 10.1. The second-order valence-electron chi connectivity index (χ2n) is 2.96. The predicted molar refractivity (Wildman–Crippen MR) is 51.0 cm³/mol. The Kier molecular flexibility index (Phi) is 2.41. The van der Waals surface area contributed by atoms with Crippen LogP contribution in [0.4, 0.5) is 5.69 Å². The summed E-state index contributed by atoms with van der Waals surface area (Å²) in [5.74, 6) is -0.707. The summed E-state index contributed by atoms with van der Waals surface area (Å²) >= 11 is 0. The zero-order valence-electron chi connectivity index (χ0n) is 7.61. The van der Waals surface area contributed by atoms with Crippen molar-refractivity contribution in [2.75, 3.05) is 19.0 Å². The van der Waals surface area contributed by atoms with Gasteiger partial charge in [-0.05, 0) is 12.1 Å². The summed E-state index contributed by atoms with van der Waals surface area (Å²) in [7, 11) is 3.69. The average Bonchev–Trinajstić information content (AvgIpc) is 2.03. The van der Waals surface area contributed by atoms with Gasteiger partial charge in [0.05, 0.1) is 5.56 Å². The average molecular weight is 180 g/mol. The highest BCUT2D eigenvalue weighted by Crippen LogP contribution is 2.22. The van der Waals surface area contributed by atoms with Gasteiger partial charge < -0.3 is 15.7 Å². The number of nitrogens with zero attached hydrogens (tertiary/aromatic N) is 1. The molecule has 1 aromatic rings. The SMILES string of the molecule is CN(C)c1ccc(C(N)=O)c(O)c1. The number of carbonyl (C=O) groups is 1. The molecule has 3 N–H and O–H groups in total. The highest BCUT2D eigenvalue weighted by Gasteiger charge is 2.07. The number of primary amides is 1. The largest absolute Gasteiger partial charge is 0.507 e. The molecular weight excluding hydrogens is 168 g/mol. The zero-order chi connectivity index (χ0) is 10.0. The van der Waals surface area contributed by atoms with Gasteiger partial charge in [-0.3, -0.25) is 4.79 Å². The van der Waals surface area contributed by atoms with E-state index in [-0.39, 0.29) is 11.3 Å². The lowest BCUT2D eigenvalue weighted by Gasteiger charge is -2.13. The Morgan fingerprint density at radius 2 is 2.08 bits per heavy atom. The molecule has 0 saturated heterocycles. The van der Waals surface area contributed by atoms with E-state index in [2.05, 4.69) is 0 Å². The molecule has 1 aromatic carbocycles. The minimum absolute atomic E-state index is 0.0845. The minimum Gasteiger partial charge on any atom is -0.507 e. The number of carbonyl (C=O) groups excluding carboxylic acids is 1. The summed E-state index contributed by atoms with van der Waals surface area (Å²) in [4.78, 5) is 12.6. The van der Waals surface area contributed by atoms with Gasteiger partial charge in [0, 0.05) is 25.8 Å². The fourth-order valence-corrected chi connectivity index (χ4v) is 1.01. The third-order valence-corrected chi connectivity index (χ3v) is 1.76. The number of nitrogens with two attached hydrogens (primary N) is 1. The Labute approximate surface area is 76.6 Å². The molecule has 0 heterocycles. The second kappa shape index (κ2) is 3.35. The van der Waals surface area contributed by atoms with Crippen LogP contribution in [0.5, 0.6) is 5.75 Å². The van der Waals surface area contributed by atoms with Gasteiger partial charge in [-0.25, -0.2) is 0 Å². The van der Waals surface area contributed by atoms with Crippen LogP contribution < -0.4 is 10.6 Å². The van der Waals surface area contributed by atoms with Crippen molar-refractivity contribution in [1.82, 2.24) is 0 Å². The Bertz CT molecular complexity index is 334. The number of hydrogen-bond donors (Lipinski definition) is 2. The molecule has 0 aliphatic heterocycles. The lowest BCUT2D eigenvalue weighted by molar-refractivity contribution is 0.0998. The van der Waals surface area contributed by atoms with E-state index in [0.29, 0.717) is 0 Å². The van der Waals surface area contributed by atoms with Crippen molar-refractivity contribution in [3.63, 3.8) is 0 Å². The van der Waals surface area contributed by atoms with E-state index < -0.39 is 5.91 Å². The smallest absolute Gasteiger partial charge is 0.252 e. The van der Waals surface area contributed by atoms with Crippen LogP contribution in [-0.4, -0.2) is 25.1 Å². The third-order valence-electron chi connectivity index (χ3n) is 1.76. The Hall–Kier alpha value is -1.71. The van der Waals surface area contributed by atoms with Crippen molar-refractivity contribution in [2.24, 2.45) is 5.73 Å². The van der Waals surface area contributed by atoms with Crippen molar-refractivity contribution in [1.29, 1.82) is 0 Å². The molecule has 4 nitrogen and oxygen atoms in total. The normalized spacial score (nSPS) is 9.69. The molecule has 0 spiro atoms. The van der Waals surface area contributed by atoms with Gasteiger partial charge in [-0.2, -0.15) is 0 Å². The quantitative estimate of drug-likeness (QED) is 0.698. The number of aromatic hydroxyl groups is 1. The van der Waals surface area contributed by atoms with Gasteiger partial charge in [0.1, 0.15) is 5.75 Å². The van der Waals surface area contributed by atoms with E-state index in [1.165, 1.54) is 12.1 Å². The highest BCUT2D eigenvalue weighted by molar-refractivity contribution is 5.96. The Morgan fingerprint density at radius 1 is 1.46 bits per heavy atom. The van der Waals surface area contributed by atoms with Crippen LogP contribution in [0.1, 0.15) is 10.4 Å². The van der Waals surface area contributed by atoms with Crippen molar-refractivity contribution in [3.05, 3.63) is 23.8 Å². The lowest BCUT2D eigenvalue weighted by Crippen LogP contribution is -2.12. The van der Waals surface area contributed by atoms with E-state index in [9.17, 15) is 9.90 Å². The molecule has 0 fully saturated rings. The van der Waals surface area contributed by atoms with E-state index in [4.69, 9.17) is 5.73 Å². The molecule has 0 radical (unpaired) electrons. The van der Waals surface area contributed by atoms with Gasteiger partial charge in [-0.15, -0.1) is 0 Å². The van der Waals surface area contributed by atoms with Crippen LogP contribution in [-0.2, 0) is 0 Å². The van der Waals surface area contributed by atoms with E-state index in [0.717, 1.165) is 5.69 Å². The summed E-state index contributed by atoms with van der Waals surface area (Å²) in [5, 5.41) is 9.38. The number of phenols is 1. The van der Waals surface area contributed by atoms with Crippen molar-refractivity contribution in [2.45, 2.75) is 0 Å². The first kappa shape index (κ1) is 9.38. The van der Waals surface area contributed by atoms with Gasteiger partial charge in [-0.1, -0.05) is 0 Å². The fourth-order valence-electron chi connectivity index (χ4n) is 1.01. The maximum Gasteiger partial charge on any atom is 0.252 e. The third kappa shape index (κ3) is 1.90. The Morgan fingerprint density at radius 3 is 2.46 bits per heavy atom. The van der Waals surface area contributed by atoms with Crippen LogP contribution in [0, 0.1) is 0 Å². The number of anilines is 1. The van der Waals surface area contributed by atoms with Gasteiger partial charge >= 0.3 is 0 Å². The summed E-state index contributed by atoms with van der Waals surface area (Å²) in [6.07, 6.45) is 0. The number of rotatable bonds is 2. The van der Waals surface area contributed by atoms with E-state index >= 15 is 0 Å². The van der Waals surface area contributed by atoms with Crippen molar-refractivity contribution in [3.8, 4) is 5.75 Å². The van der Waals surface area contributed by atoms with Crippen LogP contribution >= 0.6 is 0 Å². The van der Waals surface area contributed by atoms with Crippen LogP contribution in [0.3, 0.4) is 0 Å². The molecule has 0 saturated carbocycles. The molecule has 4 heteroatoms. The molecule has 0 bridgehead atoms. The molecule has 0 atom stereocenters. The maximum absolute atomic E-state index is 10.8. The monoisotopic (exact) mass is 180 g/mol. The van der Waals surface area contributed by atoms with E-state index in [1.54, 1.807) is 6.07 Å². The summed E-state index contributed by atoms with van der Waals surface area (Å²) < 4.78 is 0. The Balaban J connectivity index is 3.13. The van der Waals surface area contributed by atoms with Crippen molar-refractivity contribution < 1.29 is 9.90 Å². The first-order valence-electron chi connectivity index (χ1n) is 3.82. The molecular formula is C9H12N2O2. The summed E-state index contributed by atoms with van der Waals surface area (Å²) in [5.41, 5.74) is 5.99. The highest BCUT2D eigenvalue weighted by atomic mass is 16.3. The zero-order valence-corrected chi connectivity index (χ0v) is 7.61. The number of amides is 1. The molecule has 1 amide bonds. The molecule has 0 aromatic heterocycles. The predicted octanol–water partition coefficient (Wildman–Crippen LogP) is 0.557. The molecule has 0 aliphatic rings.